The molecule has 0 atom stereocenters. The van der Waals surface area contributed by atoms with E-state index in [0.717, 1.165) is 53.8 Å². The fraction of sp³-hybridized carbons (Fsp3) is 0.385. The van der Waals surface area contributed by atoms with Gasteiger partial charge < -0.3 is 10.0 Å². The Labute approximate surface area is 184 Å². The lowest BCUT2D eigenvalue weighted by Gasteiger charge is -2.18. The minimum atomic E-state index is -0.221. The molecule has 1 aromatic heterocycles. The number of aryl methyl sites for hydroxylation is 3. The highest BCUT2D eigenvalue weighted by Gasteiger charge is 2.18. The normalized spacial score (nSPS) is 11.8. The summed E-state index contributed by atoms with van der Waals surface area (Å²) in [5.41, 5.74) is 4.12. The van der Waals surface area contributed by atoms with Crippen LogP contribution in [0.3, 0.4) is 0 Å². The van der Waals surface area contributed by atoms with Gasteiger partial charge in [-0.15, -0.1) is 0 Å². The number of rotatable bonds is 8. The lowest BCUT2D eigenvalue weighted by atomic mass is 10.0. The van der Waals surface area contributed by atoms with E-state index in [-0.39, 0.29) is 11.4 Å². The first-order valence-electron chi connectivity index (χ1n) is 11.1. The van der Waals surface area contributed by atoms with E-state index in [1.165, 1.54) is 4.57 Å². The van der Waals surface area contributed by atoms with Crippen LogP contribution in [-0.2, 0) is 0 Å². The van der Waals surface area contributed by atoms with Crippen molar-refractivity contribution in [3.05, 3.63) is 69.0 Å². The van der Waals surface area contributed by atoms with Gasteiger partial charge in [0.15, 0.2) is 0 Å². The van der Waals surface area contributed by atoms with Crippen LogP contribution in [0, 0.1) is 20.8 Å². The summed E-state index contributed by atoms with van der Waals surface area (Å²) >= 11 is 0. The van der Waals surface area contributed by atoms with Crippen LogP contribution in [0.2, 0.25) is 0 Å². The summed E-state index contributed by atoms with van der Waals surface area (Å²) in [4.78, 5) is 20.3. The largest absolute Gasteiger partial charge is 0.494 e. The maximum Gasteiger partial charge on any atom is 0.265 e. The minimum Gasteiger partial charge on any atom is -0.494 e. The number of hydrogen-bond acceptors (Lipinski definition) is 4. The number of aromatic hydroxyl groups is 1. The fourth-order valence-electron chi connectivity index (χ4n) is 4.30. The van der Waals surface area contributed by atoms with E-state index in [4.69, 9.17) is 0 Å². The zero-order valence-electron chi connectivity index (χ0n) is 19.3. The van der Waals surface area contributed by atoms with Crippen LogP contribution in [0.25, 0.3) is 16.5 Å². The van der Waals surface area contributed by atoms with Gasteiger partial charge >= 0.3 is 0 Å². The summed E-state index contributed by atoms with van der Waals surface area (Å²) in [7, 11) is 0. The van der Waals surface area contributed by atoms with E-state index < -0.39 is 0 Å². The summed E-state index contributed by atoms with van der Waals surface area (Å²) in [6.45, 7) is 14.0. The molecule has 2 aromatic carbocycles. The van der Waals surface area contributed by atoms with E-state index in [2.05, 4.69) is 23.7 Å². The van der Waals surface area contributed by atoms with E-state index in [0.29, 0.717) is 17.5 Å². The SMILES string of the molecule is CCN(CC)CCCN=Cc1c(O)n(-c2c(C)cc(C)cc2C)c(=O)c2ccccc12. The van der Waals surface area contributed by atoms with Crippen molar-refractivity contribution in [3.8, 4) is 11.6 Å². The average Bonchev–Trinajstić information content (AvgIpc) is 2.74. The molecule has 0 radical (unpaired) electrons. The molecule has 0 aliphatic rings. The van der Waals surface area contributed by atoms with Gasteiger partial charge in [0.2, 0.25) is 5.88 Å². The van der Waals surface area contributed by atoms with Crippen LogP contribution in [0.4, 0.5) is 0 Å². The molecule has 5 heteroatoms. The number of hydrogen-bond donors (Lipinski definition) is 1. The predicted octanol–water partition coefficient (Wildman–Crippen LogP) is 4.77. The second-order valence-corrected chi connectivity index (χ2v) is 8.09. The quantitative estimate of drug-likeness (QED) is 0.423. The Morgan fingerprint density at radius 2 is 1.65 bits per heavy atom. The Morgan fingerprint density at radius 1 is 1.03 bits per heavy atom. The molecule has 0 amide bonds. The van der Waals surface area contributed by atoms with Crippen molar-refractivity contribution in [2.24, 2.45) is 4.99 Å². The van der Waals surface area contributed by atoms with Crippen molar-refractivity contribution in [1.29, 1.82) is 0 Å². The van der Waals surface area contributed by atoms with Crippen molar-refractivity contribution in [2.75, 3.05) is 26.2 Å². The van der Waals surface area contributed by atoms with Gasteiger partial charge in [-0.2, -0.15) is 0 Å². The summed E-state index contributed by atoms with van der Waals surface area (Å²) in [6, 6.07) is 11.5. The van der Waals surface area contributed by atoms with Gasteiger partial charge in [-0.1, -0.05) is 49.7 Å². The number of pyridine rings is 1. The Morgan fingerprint density at radius 3 is 2.26 bits per heavy atom. The molecule has 1 N–H and O–H groups in total. The summed E-state index contributed by atoms with van der Waals surface area (Å²) in [6.07, 6.45) is 2.67. The standard InChI is InChI=1S/C26H33N3O2/c1-6-28(7-2)14-10-13-27-17-23-21-11-8-9-12-22(21)25(30)29(26(23)31)24-19(4)15-18(3)16-20(24)5/h8-9,11-12,15-17,31H,6-7,10,13-14H2,1-5H3. The maximum absolute atomic E-state index is 13.4. The van der Waals surface area contributed by atoms with Gasteiger partial charge in [0.05, 0.1) is 11.3 Å². The predicted molar refractivity (Wildman–Crippen MR) is 130 cm³/mol. The molecule has 3 rings (SSSR count). The Bertz CT molecular complexity index is 1130. The average molecular weight is 420 g/mol. The van der Waals surface area contributed by atoms with Crippen LogP contribution < -0.4 is 5.56 Å². The molecule has 1 heterocycles. The number of aliphatic imine (C=N–C) groups is 1. The summed E-state index contributed by atoms with van der Waals surface area (Å²) in [5, 5.41) is 12.5. The third-order valence-electron chi connectivity index (χ3n) is 5.84. The molecule has 0 spiro atoms. The molecule has 0 unspecified atom stereocenters. The molecule has 0 aliphatic carbocycles. The Hall–Kier alpha value is -2.92. The van der Waals surface area contributed by atoms with Crippen molar-refractivity contribution in [3.63, 3.8) is 0 Å². The third-order valence-corrected chi connectivity index (χ3v) is 5.84. The van der Waals surface area contributed by atoms with Gasteiger partial charge in [-0.05, 0) is 64.0 Å². The zero-order chi connectivity index (χ0) is 22.5. The molecule has 0 saturated carbocycles. The summed E-state index contributed by atoms with van der Waals surface area (Å²) in [5.74, 6) is -0.0637. The zero-order valence-corrected chi connectivity index (χ0v) is 19.3. The van der Waals surface area contributed by atoms with E-state index >= 15 is 0 Å². The van der Waals surface area contributed by atoms with Gasteiger partial charge in [0.25, 0.3) is 5.56 Å². The molecule has 0 aliphatic heterocycles. The van der Waals surface area contributed by atoms with Gasteiger partial charge in [0.1, 0.15) is 0 Å². The van der Waals surface area contributed by atoms with Gasteiger partial charge in [-0.25, -0.2) is 4.57 Å². The second kappa shape index (κ2) is 9.92. The van der Waals surface area contributed by atoms with Crippen molar-refractivity contribution in [2.45, 2.75) is 41.0 Å². The summed E-state index contributed by atoms with van der Waals surface area (Å²) < 4.78 is 1.43. The first-order chi connectivity index (χ1) is 14.9. The maximum atomic E-state index is 13.4. The highest BCUT2D eigenvalue weighted by molar-refractivity contribution is 6.01. The van der Waals surface area contributed by atoms with E-state index in [1.807, 2.05) is 57.2 Å². The highest BCUT2D eigenvalue weighted by atomic mass is 16.3. The molecule has 0 fully saturated rings. The van der Waals surface area contributed by atoms with E-state index in [1.54, 1.807) is 6.21 Å². The lowest BCUT2D eigenvalue weighted by Crippen LogP contribution is -2.24. The molecular weight excluding hydrogens is 386 g/mol. The molecule has 0 saturated heterocycles. The Balaban J connectivity index is 2.09. The van der Waals surface area contributed by atoms with E-state index in [9.17, 15) is 9.90 Å². The fourth-order valence-corrected chi connectivity index (χ4v) is 4.30. The third kappa shape index (κ3) is 4.72. The van der Waals surface area contributed by atoms with Crippen molar-refractivity contribution in [1.82, 2.24) is 9.47 Å². The Kier molecular flexibility index (Phi) is 7.29. The smallest absolute Gasteiger partial charge is 0.265 e. The highest BCUT2D eigenvalue weighted by Crippen LogP contribution is 2.29. The van der Waals surface area contributed by atoms with Crippen LogP contribution in [0.1, 0.15) is 42.5 Å². The minimum absolute atomic E-state index is 0.0637. The van der Waals surface area contributed by atoms with Crippen LogP contribution in [-0.4, -0.2) is 47.0 Å². The molecule has 0 bridgehead atoms. The van der Waals surface area contributed by atoms with Crippen molar-refractivity contribution < 1.29 is 5.11 Å². The van der Waals surface area contributed by atoms with Crippen LogP contribution in [0.5, 0.6) is 5.88 Å². The van der Waals surface area contributed by atoms with Crippen molar-refractivity contribution >= 4 is 17.0 Å². The number of aromatic nitrogens is 1. The second-order valence-electron chi connectivity index (χ2n) is 8.09. The van der Waals surface area contributed by atoms with Gasteiger partial charge in [0, 0.05) is 23.5 Å². The number of nitrogens with zero attached hydrogens (tertiary/aromatic N) is 3. The first-order valence-corrected chi connectivity index (χ1v) is 11.1. The molecule has 31 heavy (non-hydrogen) atoms. The molecule has 5 nitrogen and oxygen atoms in total. The van der Waals surface area contributed by atoms with Crippen LogP contribution in [0.15, 0.2) is 46.2 Å². The van der Waals surface area contributed by atoms with Gasteiger partial charge in [-0.3, -0.25) is 9.79 Å². The molecular formula is C26H33N3O2. The first kappa shape index (κ1) is 22.8. The lowest BCUT2D eigenvalue weighted by molar-refractivity contribution is 0.302. The number of benzene rings is 2. The molecule has 3 aromatic rings. The molecule has 164 valence electrons. The number of fused-ring (bicyclic) bond motifs is 1. The topological polar surface area (TPSA) is 57.8 Å². The van der Waals surface area contributed by atoms with Crippen LogP contribution >= 0.6 is 0 Å². The monoisotopic (exact) mass is 419 g/mol.